The van der Waals surface area contributed by atoms with E-state index in [0.29, 0.717) is 23.4 Å². The van der Waals surface area contributed by atoms with Crippen LogP contribution >= 0.6 is 24.4 Å². The van der Waals surface area contributed by atoms with Gasteiger partial charge >= 0.3 is 0 Å². The predicted molar refractivity (Wildman–Crippen MR) is 92.2 cm³/mol. The van der Waals surface area contributed by atoms with Gasteiger partial charge in [0.2, 0.25) is 0 Å². The molecule has 9 heteroatoms. The van der Waals surface area contributed by atoms with Gasteiger partial charge in [-0.3, -0.25) is 10.9 Å². The number of benzene rings is 1. The van der Waals surface area contributed by atoms with Gasteiger partial charge in [0, 0.05) is 17.7 Å². The number of nitrogens with one attached hydrogen (secondary N) is 2. The van der Waals surface area contributed by atoms with Crippen LogP contribution in [0.2, 0.25) is 0 Å². The van der Waals surface area contributed by atoms with E-state index in [0.717, 1.165) is 0 Å². The molecule has 0 radical (unpaired) electrons. The molecule has 112 valence electrons. The van der Waals surface area contributed by atoms with Crippen LogP contribution in [-0.4, -0.2) is 26.8 Å². The number of nitrogens with two attached hydrogens (primary N) is 2. The Hall–Kier alpha value is -2.26. The quantitative estimate of drug-likeness (QED) is 0.304. The molecule has 0 aliphatic heterocycles. The molecule has 0 unspecified atom stereocenters. The summed E-state index contributed by atoms with van der Waals surface area (Å²) in [4.78, 5) is 0. The van der Waals surface area contributed by atoms with Gasteiger partial charge in [0.15, 0.2) is 10.2 Å². The number of aromatic hydroxyl groups is 1. The van der Waals surface area contributed by atoms with Crippen LogP contribution < -0.4 is 22.3 Å². The molecule has 0 aromatic heterocycles. The first-order valence-electron chi connectivity index (χ1n) is 5.89. The topological polar surface area (TPSA) is 121 Å². The largest absolute Gasteiger partial charge is 0.507 e. The Morgan fingerprint density at radius 1 is 1.14 bits per heavy atom. The monoisotopic (exact) mass is 324 g/mol. The van der Waals surface area contributed by atoms with E-state index in [9.17, 15) is 5.11 Å². The highest BCUT2D eigenvalue weighted by Gasteiger charge is 2.10. The van der Waals surface area contributed by atoms with Crippen molar-refractivity contribution < 1.29 is 5.11 Å². The maximum Gasteiger partial charge on any atom is 0.184 e. The van der Waals surface area contributed by atoms with Gasteiger partial charge in [-0.05, 0) is 43.5 Å². The van der Waals surface area contributed by atoms with Crippen LogP contribution in [0.25, 0.3) is 0 Å². The first-order chi connectivity index (χ1) is 9.90. The predicted octanol–water partition coefficient (Wildman–Crippen LogP) is 0.529. The van der Waals surface area contributed by atoms with Crippen LogP contribution in [0.15, 0.2) is 34.5 Å². The zero-order chi connectivity index (χ0) is 15.8. The highest BCUT2D eigenvalue weighted by molar-refractivity contribution is 7.80. The second kappa shape index (κ2) is 8.12. The van der Waals surface area contributed by atoms with Crippen molar-refractivity contribution in [3.05, 3.63) is 29.8 Å². The summed E-state index contributed by atoms with van der Waals surface area (Å²) < 4.78 is 0. The minimum absolute atomic E-state index is 0.0266. The minimum Gasteiger partial charge on any atom is -0.507 e. The molecule has 7 N–H and O–H groups in total. The van der Waals surface area contributed by atoms with Gasteiger partial charge in [-0.2, -0.15) is 10.2 Å². The van der Waals surface area contributed by atoms with E-state index >= 15 is 0 Å². The summed E-state index contributed by atoms with van der Waals surface area (Å²) in [5, 5.41) is 18.1. The first-order valence-corrected chi connectivity index (χ1v) is 6.70. The molecule has 7 nitrogen and oxygen atoms in total. The lowest BCUT2D eigenvalue weighted by molar-refractivity contribution is 0.474. The van der Waals surface area contributed by atoms with Crippen molar-refractivity contribution in [3.8, 4) is 5.75 Å². The Morgan fingerprint density at radius 3 is 2.29 bits per heavy atom. The van der Waals surface area contributed by atoms with Crippen LogP contribution in [0.5, 0.6) is 5.75 Å². The number of nitrogens with zero attached hydrogens (tertiary/aromatic N) is 2. The van der Waals surface area contributed by atoms with Gasteiger partial charge < -0.3 is 16.6 Å². The van der Waals surface area contributed by atoms with Crippen LogP contribution in [-0.2, 0) is 0 Å². The second-order valence-corrected chi connectivity index (χ2v) is 4.93. The molecular weight excluding hydrogens is 308 g/mol. The van der Waals surface area contributed by atoms with E-state index in [1.807, 2.05) is 0 Å². The Labute approximate surface area is 133 Å². The molecule has 1 rings (SSSR count). The summed E-state index contributed by atoms with van der Waals surface area (Å²) in [6.45, 7) is 1.77. The number of rotatable bonds is 5. The highest BCUT2D eigenvalue weighted by Crippen LogP contribution is 2.18. The maximum absolute atomic E-state index is 9.91. The molecule has 1 aromatic rings. The molecule has 0 saturated heterocycles. The number of hydrogen-bond acceptors (Lipinski definition) is 5. The first kappa shape index (κ1) is 16.8. The van der Waals surface area contributed by atoms with Gasteiger partial charge in [-0.15, -0.1) is 0 Å². The lowest BCUT2D eigenvalue weighted by Gasteiger charge is -2.09. The van der Waals surface area contributed by atoms with Crippen LogP contribution in [0, 0.1) is 0 Å². The Kier molecular flexibility index (Phi) is 6.50. The molecule has 0 aliphatic rings. The average Bonchev–Trinajstić information content (AvgIpc) is 2.41. The molecule has 21 heavy (non-hydrogen) atoms. The number of para-hydroxylation sites is 1. The van der Waals surface area contributed by atoms with Gasteiger partial charge in [0.1, 0.15) is 5.75 Å². The third-order valence-electron chi connectivity index (χ3n) is 2.30. The molecule has 0 amide bonds. The molecule has 0 fully saturated rings. The fourth-order valence-corrected chi connectivity index (χ4v) is 1.56. The lowest BCUT2D eigenvalue weighted by Crippen LogP contribution is -2.27. The van der Waals surface area contributed by atoms with Crippen molar-refractivity contribution in [1.82, 2.24) is 10.9 Å². The number of hydrazone groups is 2. The fourth-order valence-electron chi connectivity index (χ4n) is 1.47. The summed E-state index contributed by atoms with van der Waals surface area (Å²) in [6, 6.07) is 6.78. The summed E-state index contributed by atoms with van der Waals surface area (Å²) in [6.07, 6.45) is 0.336. The molecule has 0 heterocycles. The van der Waals surface area contributed by atoms with Crippen LogP contribution in [0.3, 0.4) is 0 Å². The summed E-state index contributed by atoms with van der Waals surface area (Å²) >= 11 is 9.39. The van der Waals surface area contributed by atoms with Crippen molar-refractivity contribution in [2.75, 3.05) is 0 Å². The Morgan fingerprint density at radius 2 is 1.71 bits per heavy atom. The molecular formula is C12H16N6OS2. The molecule has 0 atom stereocenters. The Bertz CT molecular complexity index is 599. The fraction of sp³-hybridized carbons (Fsp3) is 0.167. The van der Waals surface area contributed by atoms with Gasteiger partial charge in [-0.25, -0.2) is 0 Å². The van der Waals surface area contributed by atoms with Crippen molar-refractivity contribution in [1.29, 1.82) is 0 Å². The zero-order valence-electron chi connectivity index (χ0n) is 11.3. The number of phenols is 1. The van der Waals surface area contributed by atoms with E-state index in [4.69, 9.17) is 23.7 Å². The zero-order valence-corrected chi connectivity index (χ0v) is 13.0. The second-order valence-electron chi connectivity index (χ2n) is 4.05. The third kappa shape index (κ3) is 6.15. The lowest BCUT2D eigenvalue weighted by atomic mass is 10.0. The minimum atomic E-state index is 0.0266. The molecule has 0 aliphatic carbocycles. The molecule has 1 aromatic carbocycles. The number of hydrogen-bond donors (Lipinski definition) is 5. The molecule has 0 spiro atoms. The molecule has 0 bridgehead atoms. The van der Waals surface area contributed by atoms with E-state index in [-0.39, 0.29) is 16.0 Å². The van der Waals surface area contributed by atoms with Crippen molar-refractivity contribution in [3.63, 3.8) is 0 Å². The standard InChI is InChI=1S/C12H16N6OS2/c1-7(15-17-11(13)20)6-9(16-18-12(14)21)8-4-2-3-5-10(8)19/h2-5,19H,6H2,1H3,(H3,13,17,20)(H3,14,18,21)/b15-7+,16-9+. The number of thiocarbonyl (C=S) groups is 2. The normalized spacial score (nSPS) is 11.9. The SMILES string of the molecule is C/C(C/C(=N\NC(N)=S)c1ccccc1O)=N\NC(N)=S. The smallest absolute Gasteiger partial charge is 0.184 e. The van der Waals surface area contributed by atoms with Crippen molar-refractivity contribution in [2.45, 2.75) is 13.3 Å². The average molecular weight is 324 g/mol. The van der Waals surface area contributed by atoms with E-state index in [1.54, 1.807) is 31.2 Å². The summed E-state index contributed by atoms with van der Waals surface area (Å²) in [5.74, 6) is 0.0936. The van der Waals surface area contributed by atoms with Gasteiger partial charge in [0.25, 0.3) is 0 Å². The Balaban J connectivity index is 3.01. The van der Waals surface area contributed by atoms with Crippen molar-refractivity contribution in [2.24, 2.45) is 21.7 Å². The summed E-state index contributed by atoms with van der Waals surface area (Å²) in [7, 11) is 0. The third-order valence-corrected chi connectivity index (χ3v) is 2.48. The summed E-state index contributed by atoms with van der Waals surface area (Å²) in [5.41, 5.74) is 17.4. The van der Waals surface area contributed by atoms with E-state index in [1.165, 1.54) is 0 Å². The van der Waals surface area contributed by atoms with E-state index < -0.39 is 0 Å². The van der Waals surface area contributed by atoms with Crippen LogP contribution in [0.1, 0.15) is 18.9 Å². The number of phenolic OH excluding ortho intramolecular Hbond substituents is 1. The van der Waals surface area contributed by atoms with Crippen LogP contribution in [0.4, 0.5) is 0 Å². The van der Waals surface area contributed by atoms with Crippen molar-refractivity contribution >= 4 is 46.1 Å². The maximum atomic E-state index is 9.91. The van der Waals surface area contributed by atoms with Gasteiger partial charge in [0.05, 0.1) is 5.71 Å². The highest BCUT2D eigenvalue weighted by atomic mass is 32.1. The van der Waals surface area contributed by atoms with Gasteiger partial charge in [-0.1, -0.05) is 12.1 Å². The van der Waals surface area contributed by atoms with E-state index in [2.05, 4.69) is 33.3 Å². The molecule has 0 saturated carbocycles.